The molecule has 0 amide bonds. The Labute approximate surface area is 165 Å². The fraction of sp³-hybridized carbons (Fsp3) is 0.304. The van der Waals surface area contributed by atoms with Crippen LogP contribution in [0.3, 0.4) is 0 Å². The first-order valence-corrected chi connectivity index (χ1v) is 9.13. The van der Waals surface area contributed by atoms with E-state index < -0.39 is 0 Å². The number of rotatable bonds is 5. The normalized spacial score (nSPS) is 15.4. The number of ether oxygens (including phenoxy) is 3. The number of phenolic OH excluding ortho intramolecular Hbond substituents is 2. The number of aromatic hydroxyl groups is 2. The summed E-state index contributed by atoms with van der Waals surface area (Å²) in [6.07, 6.45) is 3.06. The molecule has 0 bridgehead atoms. The van der Waals surface area contributed by atoms with Crippen molar-refractivity contribution >= 4 is 5.57 Å². The molecule has 5 nitrogen and oxygen atoms in total. The zero-order valence-electron chi connectivity index (χ0n) is 16.7. The van der Waals surface area contributed by atoms with Crippen LogP contribution >= 0.6 is 0 Å². The highest BCUT2D eigenvalue weighted by Crippen LogP contribution is 2.52. The molecular formula is C23H26O5. The monoisotopic (exact) mass is 382 g/mol. The molecule has 0 aliphatic carbocycles. The Morgan fingerprint density at radius 1 is 1.18 bits per heavy atom. The van der Waals surface area contributed by atoms with Gasteiger partial charge in [0.05, 0.1) is 19.8 Å². The Balaban J connectivity index is 2.01. The molecule has 1 heterocycles. The largest absolute Gasteiger partial charge is 0.507 e. The molecule has 0 saturated heterocycles. The van der Waals surface area contributed by atoms with Crippen molar-refractivity contribution in [1.82, 2.24) is 0 Å². The number of hydrogen-bond donors (Lipinski definition) is 2. The van der Waals surface area contributed by atoms with Crippen LogP contribution in [0.4, 0.5) is 0 Å². The van der Waals surface area contributed by atoms with E-state index in [0.717, 1.165) is 23.3 Å². The Morgan fingerprint density at radius 2 is 1.89 bits per heavy atom. The second-order valence-electron chi connectivity index (χ2n) is 7.12. The summed E-state index contributed by atoms with van der Waals surface area (Å²) in [5.74, 6) is 1.01. The number of phenols is 2. The quantitative estimate of drug-likeness (QED) is 0.552. The van der Waals surface area contributed by atoms with Crippen LogP contribution in [0.2, 0.25) is 0 Å². The molecule has 28 heavy (non-hydrogen) atoms. The van der Waals surface area contributed by atoms with Gasteiger partial charge in [0, 0.05) is 12.5 Å². The Bertz CT molecular complexity index is 938. The SMILES string of the molecule is C=C1C[C@@H](c2ccc(OC)c(CC=C(C)C)c2)Oc2c(O)c(OC)cc(O)c21. The molecule has 148 valence electrons. The molecule has 1 aliphatic heterocycles. The maximum atomic E-state index is 10.5. The smallest absolute Gasteiger partial charge is 0.201 e. The van der Waals surface area contributed by atoms with Gasteiger partial charge in [-0.2, -0.15) is 0 Å². The van der Waals surface area contributed by atoms with Gasteiger partial charge >= 0.3 is 0 Å². The minimum atomic E-state index is -0.339. The summed E-state index contributed by atoms with van der Waals surface area (Å²) in [6, 6.07) is 7.30. The average molecular weight is 382 g/mol. The van der Waals surface area contributed by atoms with Crippen LogP contribution in [0.1, 0.15) is 43.1 Å². The lowest BCUT2D eigenvalue weighted by Crippen LogP contribution is -2.15. The minimum absolute atomic E-state index is 0.0212. The maximum Gasteiger partial charge on any atom is 0.201 e. The Hall–Kier alpha value is -3.08. The molecular weight excluding hydrogens is 356 g/mol. The first kappa shape index (κ1) is 19.7. The van der Waals surface area contributed by atoms with Crippen LogP contribution in [0.5, 0.6) is 28.7 Å². The van der Waals surface area contributed by atoms with Gasteiger partial charge in [0.2, 0.25) is 5.75 Å². The molecule has 0 aromatic heterocycles. The third kappa shape index (κ3) is 3.65. The van der Waals surface area contributed by atoms with Crippen molar-refractivity contribution in [3.05, 3.63) is 59.2 Å². The fourth-order valence-electron chi connectivity index (χ4n) is 3.39. The highest BCUT2D eigenvalue weighted by molar-refractivity contribution is 5.80. The second kappa shape index (κ2) is 7.89. The number of methoxy groups -OCH3 is 2. The van der Waals surface area contributed by atoms with Gasteiger partial charge in [-0.1, -0.05) is 24.3 Å². The standard InChI is InChI=1S/C23H26O5/c1-13(2)6-7-15-11-16(8-9-18(15)26-4)19-10-14(3)21-17(24)12-20(27-5)22(25)23(21)28-19/h6,8-9,11-12,19,24-25H,3,7,10H2,1-2,4-5H3/t19-/m0/s1. The van der Waals surface area contributed by atoms with Crippen LogP contribution in [-0.4, -0.2) is 24.4 Å². The number of benzene rings is 2. The van der Waals surface area contributed by atoms with Crippen molar-refractivity contribution in [3.8, 4) is 28.7 Å². The van der Waals surface area contributed by atoms with Gasteiger partial charge < -0.3 is 24.4 Å². The summed E-state index contributed by atoms with van der Waals surface area (Å²) in [4.78, 5) is 0. The van der Waals surface area contributed by atoms with Crippen molar-refractivity contribution in [2.75, 3.05) is 14.2 Å². The molecule has 1 atom stereocenters. The van der Waals surface area contributed by atoms with Gasteiger partial charge in [-0.05, 0) is 49.1 Å². The van der Waals surface area contributed by atoms with Gasteiger partial charge in [-0.3, -0.25) is 0 Å². The van der Waals surface area contributed by atoms with Crippen molar-refractivity contribution in [1.29, 1.82) is 0 Å². The lowest BCUT2D eigenvalue weighted by atomic mass is 9.91. The summed E-state index contributed by atoms with van der Waals surface area (Å²) >= 11 is 0. The number of allylic oxidation sites excluding steroid dienone is 2. The van der Waals surface area contributed by atoms with Gasteiger partial charge in [0.1, 0.15) is 17.6 Å². The van der Waals surface area contributed by atoms with Crippen molar-refractivity contribution in [2.24, 2.45) is 0 Å². The van der Waals surface area contributed by atoms with E-state index in [4.69, 9.17) is 14.2 Å². The molecule has 0 radical (unpaired) electrons. The zero-order valence-corrected chi connectivity index (χ0v) is 16.7. The van der Waals surface area contributed by atoms with Gasteiger partial charge in [0.15, 0.2) is 11.5 Å². The average Bonchev–Trinajstić information content (AvgIpc) is 2.68. The molecule has 1 aliphatic rings. The zero-order chi connectivity index (χ0) is 20.4. The van der Waals surface area contributed by atoms with Crippen LogP contribution < -0.4 is 14.2 Å². The predicted molar refractivity (Wildman–Crippen MR) is 109 cm³/mol. The second-order valence-corrected chi connectivity index (χ2v) is 7.12. The van der Waals surface area contributed by atoms with Crippen molar-refractivity contribution in [3.63, 3.8) is 0 Å². The third-order valence-electron chi connectivity index (χ3n) is 4.87. The topological polar surface area (TPSA) is 68.2 Å². The molecule has 0 unspecified atom stereocenters. The number of fused-ring (bicyclic) bond motifs is 1. The van der Waals surface area contributed by atoms with Gasteiger partial charge in [-0.15, -0.1) is 0 Å². The lowest BCUT2D eigenvalue weighted by molar-refractivity contribution is 0.190. The Morgan fingerprint density at radius 3 is 2.54 bits per heavy atom. The maximum absolute atomic E-state index is 10.5. The van der Waals surface area contributed by atoms with E-state index >= 15 is 0 Å². The van der Waals surface area contributed by atoms with Crippen LogP contribution in [0.15, 0.2) is 42.5 Å². The first-order valence-electron chi connectivity index (χ1n) is 9.13. The Kier molecular flexibility index (Phi) is 5.54. The van der Waals surface area contributed by atoms with E-state index in [2.05, 4.69) is 32.6 Å². The fourth-order valence-corrected chi connectivity index (χ4v) is 3.39. The first-order chi connectivity index (χ1) is 13.3. The summed E-state index contributed by atoms with van der Waals surface area (Å²) in [6.45, 7) is 8.20. The van der Waals surface area contributed by atoms with Crippen molar-refractivity contribution in [2.45, 2.75) is 32.8 Å². The molecule has 2 aromatic carbocycles. The van der Waals surface area contributed by atoms with Crippen molar-refractivity contribution < 1.29 is 24.4 Å². The number of hydrogen-bond acceptors (Lipinski definition) is 5. The lowest BCUT2D eigenvalue weighted by Gasteiger charge is -2.30. The van der Waals surface area contributed by atoms with Crippen LogP contribution in [-0.2, 0) is 6.42 Å². The molecule has 2 aromatic rings. The highest BCUT2D eigenvalue weighted by atomic mass is 16.5. The van der Waals surface area contributed by atoms with E-state index in [1.54, 1.807) is 7.11 Å². The highest BCUT2D eigenvalue weighted by Gasteiger charge is 2.31. The van der Waals surface area contributed by atoms with E-state index in [0.29, 0.717) is 17.6 Å². The molecule has 0 spiro atoms. The third-order valence-corrected chi connectivity index (χ3v) is 4.87. The van der Waals surface area contributed by atoms with E-state index in [9.17, 15) is 10.2 Å². The van der Waals surface area contributed by atoms with Gasteiger partial charge in [-0.25, -0.2) is 0 Å². The summed E-state index contributed by atoms with van der Waals surface area (Å²) in [5.41, 5.74) is 4.36. The van der Waals surface area contributed by atoms with Crippen LogP contribution in [0, 0.1) is 0 Å². The van der Waals surface area contributed by atoms with Gasteiger partial charge in [0.25, 0.3) is 0 Å². The van der Waals surface area contributed by atoms with E-state index in [1.165, 1.54) is 18.7 Å². The summed E-state index contributed by atoms with van der Waals surface area (Å²) in [5, 5.41) is 20.8. The molecule has 5 heteroatoms. The molecule has 0 saturated carbocycles. The minimum Gasteiger partial charge on any atom is -0.507 e. The summed E-state index contributed by atoms with van der Waals surface area (Å²) in [7, 11) is 3.08. The predicted octanol–water partition coefficient (Wildman–Crippen LogP) is 5.16. The summed E-state index contributed by atoms with van der Waals surface area (Å²) < 4.78 is 16.7. The van der Waals surface area contributed by atoms with Crippen LogP contribution in [0.25, 0.3) is 5.57 Å². The van der Waals surface area contributed by atoms with E-state index in [-0.39, 0.29) is 29.1 Å². The molecule has 0 fully saturated rings. The molecule has 3 rings (SSSR count). The van der Waals surface area contributed by atoms with E-state index in [1.807, 2.05) is 12.1 Å². The molecule has 2 N–H and O–H groups in total.